The van der Waals surface area contributed by atoms with Crippen molar-refractivity contribution in [1.82, 2.24) is 15.3 Å². The number of nitrogens with two attached hydrogens (primary N) is 1. The predicted octanol–water partition coefficient (Wildman–Crippen LogP) is 5.78. The molecule has 0 radical (unpaired) electrons. The summed E-state index contributed by atoms with van der Waals surface area (Å²) in [4.78, 5) is 20.7. The van der Waals surface area contributed by atoms with Crippen molar-refractivity contribution in [3.05, 3.63) is 44.2 Å². The highest BCUT2D eigenvalue weighted by atomic mass is 127. The fourth-order valence-corrected chi connectivity index (χ4v) is 3.57. The Hall–Kier alpha value is -1.94. The van der Waals surface area contributed by atoms with Crippen LogP contribution >= 0.6 is 34.2 Å². The molecule has 0 bridgehead atoms. The van der Waals surface area contributed by atoms with Crippen LogP contribution < -0.4 is 16.4 Å². The molecule has 0 saturated carbocycles. The van der Waals surface area contributed by atoms with Crippen LogP contribution in [0.5, 0.6) is 0 Å². The van der Waals surface area contributed by atoms with Crippen molar-refractivity contribution >= 4 is 57.6 Å². The van der Waals surface area contributed by atoms with Crippen molar-refractivity contribution in [2.24, 2.45) is 0 Å². The summed E-state index contributed by atoms with van der Waals surface area (Å²) in [6.45, 7) is 2.70. The molecule has 0 aliphatic carbocycles. The van der Waals surface area contributed by atoms with Crippen LogP contribution in [0.25, 0.3) is 0 Å². The fourth-order valence-electron chi connectivity index (χ4n) is 3.01. The maximum absolute atomic E-state index is 12.4. The first-order valence-corrected chi connectivity index (χ1v) is 12.1. The van der Waals surface area contributed by atoms with E-state index >= 15 is 0 Å². The quantitative estimate of drug-likeness (QED) is 0.114. The third kappa shape index (κ3) is 8.98. The van der Waals surface area contributed by atoms with Gasteiger partial charge in [-0.25, -0.2) is 9.97 Å². The van der Waals surface area contributed by atoms with Gasteiger partial charge in [0, 0.05) is 16.5 Å². The lowest BCUT2D eigenvalue weighted by Gasteiger charge is -2.11. The maximum Gasteiger partial charge on any atom is 0.279 e. The van der Waals surface area contributed by atoms with Crippen molar-refractivity contribution < 1.29 is 4.79 Å². The van der Waals surface area contributed by atoms with E-state index in [1.807, 2.05) is 24.3 Å². The molecular formula is C22H30ClIN6O. The normalized spacial score (nSPS) is 10.7. The average molecular weight is 557 g/mol. The summed E-state index contributed by atoms with van der Waals surface area (Å²) < 4.78 is 1.15. The van der Waals surface area contributed by atoms with E-state index in [0.29, 0.717) is 18.8 Å². The Balaban J connectivity index is 1.83. The van der Waals surface area contributed by atoms with Crippen molar-refractivity contribution in [2.45, 2.75) is 64.8 Å². The number of unbranched alkanes of at least 4 members (excludes halogenated alkanes) is 6. The van der Waals surface area contributed by atoms with E-state index in [-0.39, 0.29) is 22.5 Å². The summed E-state index contributed by atoms with van der Waals surface area (Å²) in [5.41, 5.74) is 6.91. The Morgan fingerprint density at radius 3 is 2.42 bits per heavy atom. The van der Waals surface area contributed by atoms with Crippen LogP contribution in [-0.4, -0.2) is 21.7 Å². The summed E-state index contributed by atoms with van der Waals surface area (Å²) in [5, 5.41) is 13.7. The Morgan fingerprint density at radius 1 is 1.10 bits per heavy atom. The zero-order valence-corrected chi connectivity index (χ0v) is 20.7. The van der Waals surface area contributed by atoms with Gasteiger partial charge in [0.2, 0.25) is 0 Å². The lowest BCUT2D eigenvalue weighted by molar-refractivity contribution is 0.0972. The number of amides is 1. The Kier molecular flexibility index (Phi) is 11.0. The molecule has 31 heavy (non-hydrogen) atoms. The van der Waals surface area contributed by atoms with E-state index in [2.05, 4.69) is 50.1 Å². The molecule has 9 heteroatoms. The number of anilines is 2. The van der Waals surface area contributed by atoms with Crippen molar-refractivity contribution in [1.29, 1.82) is 5.41 Å². The molecule has 0 saturated heterocycles. The zero-order valence-electron chi connectivity index (χ0n) is 17.8. The van der Waals surface area contributed by atoms with Gasteiger partial charge < -0.3 is 16.4 Å². The summed E-state index contributed by atoms with van der Waals surface area (Å²) in [6.07, 6.45) is 8.58. The molecule has 0 aliphatic heterocycles. The van der Waals surface area contributed by atoms with E-state index in [9.17, 15) is 4.79 Å². The van der Waals surface area contributed by atoms with Crippen LogP contribution in [0.2, 0.25) is 5.15 Å². The van der Waals surface area contributed by atoms with E-state index in [0.717, 1.165) is 28.4 Å². The highest BCUT2D eigenvalue weighted by Crippen LogP contribution is 2.21. The predicted molar refractivity (Wildman–Crippen MR) is 136 cm³/mol. The number of hydrogen-bond donors (Lipinski definition) is 4. The summed E-state index contributed by atoms with van der Waals surface area (Å²) in [7, 11) is 0. The van der Waals surface area contributed by atoms with E-state index in [1.165, 1.54) is 25.7 Å². The zero-order chi connectivity index (χ0) is 22.6. The number of aromatic nitrogens is 2. The molecule has 5 N–H and O–H groups in total. The number of carbonyl (C=O) groups excluding carboxylic acids is 1. The van der Waals surface area contributed by atoms with Gasteiger partial charge in [0.1, 0.15) is 5.84 Å². The number of rotatable bonds is 12. The van der Waals surface area contributed by atoms with Gasteiger partial charge in [-0.05, 0) is 46.7 Å². The van der Waals surface area contributed by atoms with Gasteiger partial charge >= 0.3 is 0 Å². The first kappa shape index (κ1) is 25.3. The minimum atomic E-state index is -0.566. The number of nitrogens with zero attached hydrogens (tertiary/aromatic N) is 2. The Morgan fingerprint density at radius 2 is 1.74 bits per heavy atom. The van der Waals surface area contributed by atoms with Gasteiger partial charge in [-0.2, -0.15) is 0 Å². The molecule has 1 aromatic carbocycles. The highest BCUT2D eigenvalue weighted by Gasteiger charge is 2.18. The second-order valence-electron chi connectivity index (χ2n) is 7.38. The molecule has 0 atom stereocenters. The number of amidine groups is 1. The smallest absolute Gasteiger partial charge is 0.279 e. The molecule has 2 rings (SSSR count). The van der Waals surface area contributed by atoms with Crippen LogP contribution in [0.4, 0.5) is 11.6 Å². The number of carbonyl (C=O) groups is 1. The SMILES string of the molecule is CCCCCCCCCC(=N)NC(=O)c1nc(Cl)c(NCc2ccc(I)cc2)nc1N. The lowest BCUT2D eigenvalue weighted by Crippen LogP contribution is -2.31. The van der Waals surface area contributed by atoms with Gasteiger partial charge in [0.15, 0.2) is 22.5 Å². The molecule has 168 valence electrons. The van der Waals surface area contributed by atoms with Crippen LogP contribution in [-0.2, 0) is 6.54 Å². The standard InChI is InChI=1S/C22H30ClIN6O/c1-2-3-4-5-6-7-8-9-17(25)28-22(31)18-20(26)30-21(19(23)29-18)27-14-15-10-12-16(24)13-11-15/h10-13H,2-9,14H2,1H3,(H2,25,28,31)(H3,26,27,30). The first-order valence-electron chi connectivity index (χ1n) is 10.6. The van der Waals surface area contributed by atoms with Gasteiger partial charge in [0.05, 0.1) is 0 Å². The Bertz CT molecular complexity index is 875. The molecular weight excluding hydrogens is 527 g/mol. The van der Waals surface area contributed by atoms with E-state index in [1.54, 1.807) is 0 Å². The highest BCUT2D eigenvalue weighted by molar-refractivity contribution is 14.1. The molecule has 2 aromatic rings. The molecule has 0 spiro atoms. The van der Waals surface area contributed by atoms with Crippen LogP contribution in [0.3, 0.4) is 0 Å². The second-order valence-corrected chi connectivity index (χ2v) is 8.98. The number of nitrogen functional groups attached to an aromatic ring is 1. The average Bonchev–Trinajstić information content (AvgIpc) is 2.74. The largest absolute Gasteiger partial charge is 0.382 e. The van der Waals surface area contributed by atoms with Gasteiger partial charge in [-0.3, -0.25) is 10.2 Å². The van der Waals surface area contributed by atoms with E-state index in [4.69, 9.17) is 22.7 Å². The molecule has 7 nitrogen and oxygen atoms in total. The van der Waals surface area contributed by atoms with Crippen LogP contribution in [0.15, 0.2) is 24.3 Å². The molecule has 1 amide bonds. The van der Waals surface area contributed by atoms with Crippen molar-refractivity contribution in [3.8, 4) is 0 Å². The van der Waals surface area contributed by atoms with Crippen LogP contribution in [0.1, 0.15) is 74.3 Å². The van der Waals surface area contributed by atoms with Gasteiger partial charge in [-0.1, -0.05) is 69.2 Å². The van der Waals surface area contributed by atoms with Crippen molar-refractivity contribution in [3.63, 3.8) is 0 Å². The van der Waals surface area contributed by atoms with Crippen LogP contribution in [0, 0.1) is 8.98 Å². The monoisotopic (exact) mass is 556 g/mol. The summed E-state index contributed by atoms with van der Waals surface area (Å²) >= 11 is 8.45. The maximum atomic E-state index is 12.4. The fraction of sp³-hybridized carbons (Fsp3) is 0.455. The van der Waals surface area contributed by atoms with E-state index < -0.39 is 5.91 Å². The number of benzene rings is 1. The van der Waals surface area contributed by atoms with Crippen molar-refractivity contribution in [2.75, 3.05) is 11.1 Å². The minimum Gasteiger partial charge on any atom is -0.382 e. The second kappa shape index (κ2) is 13.5. The number of nitrogens with one attached hydrogen (secondary N) is 3. The van der Waals surface area contributed by atoms with Gasteiger partial charge in [0.25, 0.3) is 5.91 Å². The Labute approximate surface area is 202 Å². The molecule has 0 fully saturated rings. The minimum absolute atomic E-state index is 0.0317. The first-order chi connectivity index (χ1) is 14.9. The molecule has 1 heterocycles. The third-order valence-electron chi connectivity index (χ3n) is 4.76. The molecule has 0 unspecified atom stereocenters. The number of halogens is 2. The number of hydrogen-bond acceptors (Lipinski definition) is 6. The topological polar surface area (TPSA) is 117 Å². The summed E-state index contributed by atoms with van der Waals surface area (Å²) in [5.74, 6) is -0.135. The summed E-state index contributed by atoms with van der Waals surface area (Å²) in [6, 6.07) is 8.01. The third-order valence-corrected chi connectivity index (χ3v) is 5.75. The molecule has 0 aliphatic rings. The van der Waals surface area contributed by atoms with Gasteiger partial charge in [-0.15, -0.1) is 0 Å². The lowest BCUT2D eigenvalue weighted by atomic mass is 10.1. The molecule has 1 aromatic heterocycles.